The summed E-state index contributed by atoms with van der Waals surface area (Å²) in [6.45, 7) is 4.92. The largest absolute Gasteiger partial charge is 0.306 e. The summed E-state index contributed by atoms with van der Waals surface area (Å²) in [6.07, 6.45) is 3.93. The van der Waals surface area contributed by atoms with Gasteiger partial charge in [-0.05, 0) is 19.4 Å². The first-order valence-electron chi connectivity index (χ1n) is 6.81. The molecule has 2 heterocycles. The molecule has 0 unspecified atom stereocenters. The summed E-state index contributed by atoms with van der Waals surface area (Å²) in [5, 5.41) is 7.89. The summed E-state index contributed by atoms with van der Waals surface area (Å²) < 4.78 is 1.83. The van der Waals surface area contributed by atoms with Crippen molar-refractivity contribution in [2.24, 2.45) is 0 Å². The second kappa shape index (κ2) is 5.43. The quantitative estimate of drug-likeness (QED) is 0.789. The Kier molecular flexibility index (Phi) is 3.48. The van der Waals surface area contributed by atoms with E-state index in [1.807, 2.05) is 36.0 Å². The van der Waals surface area contributed by atoms with Crippen LogP contribution in [0.2, 0.25) is 0 Å². The normalized spacial score (nSPS) is 12.7. The Hall–Kier alpha value is -2.20. The number of nitrogens with zero attached hydrogens (tertiary/aromatic N) is 3. The summed E-state index contributed by atoms with van der Waals surface area (Å²) in [7, 11) is 0. The number of hydrogen-bond acceptors (Lipinski definition) is 3. The number of fused-ring (bicyclic) bond motifs is 1. The SMILES string of the molecule is Cc1cc2ncc(CN[C@@H](C)c3ccccc3)cn2n1. The molecule has 0 radical (unpaired) electrons. The van der Waals surface area contributed by atoms with E-state index >= 15 is 0 Å². The van der Waals surface area contributed by atoms with E-state index in [-0.39, 0.29) is 0 Å². The van der Waals surface area contributed by atoms with Crippen LogP contribution in [-0.4, -0.2) is 14.6 Å². The first-order chi connectivity index (χ1) is 9.72. The van der Waals surface area contributed by atoms with Crippen molar-refractivity contribution in [3.05, 3.63) is 65.6 Å². The summed E-state index contributed by atoms with van der Waals surface area (Å²) in [5.74, 6) is 0. The van der Waals surface area contributed by atoms with Gasteiger partial charge < -0.3 is 5.32 Å². The standard InChI is InChI=1S/C16H18N4/c1-12-8-16-18-10-14(11-20(16)19-12)9-17-13(2)15-6-4-3-5-7-15/h3-8,10-11,13,17H,9H2,1-2H3/t13-/m0/s1. The number of rotatable bonds is 4. The Morgan fingerprint density at radius 3 is 2.85 bits per heavy atom. The van der Waals surface area contributed by atoms with E-state index in [9.17, 15) is 0 Å². The van der Waals surface area contributed by atoms with E-state index in [2.05, 4.69) is 46.6 Å². The van der Waals surface area contributed by atoms with E-state index in [0.717, 1.165) is 23.4 Å². The van der Waals surface area contributed by atoms with Crippen molar-refractivity contribution in [2.45, 2.75) is 26.4 Å². The van der Waals surface area contributed by atoms with E-state index < -0.39 is 0 Å². The van der Waals surface area contributed by atoms with Gasteiger partial charge in [0.2, 0.25) is 0 Å². The van der Waals surface area contributed by atoms with Crippen LogP contribution in [0.5, 0.6) is 0 Å². The molecule has 3 rings (SSSR count). The van der Waals surface area contributed by atoms with Crippen molar-refractivity contribution < 1.29 is 0 Å². The molecule has 0 saturated heterocycles. The predicted molar refractivity (Wildman–Crippen MR) is 79.4 cm³/mol. The van der Waals surface area contributed by atoms with E-state index in [1.165, 1.54) is 5.56 Å². The molecule has 0 aliphatic carbocycles. The highest BCUT2D eigenvalue weighted by atomic mass is 15.2. The summed E-state index contributed by atoms with van der Waals surface area (Å²) >= 11 is 0. The second-order valence-corrected chi connectivity index (χ2v) is 5.06. The molecule has 4 heteroatoms. The Labute approximate surface area is 118 Å². The Morgan fingerprint density at radius 2 is 2.05 bits per heavy atom. The molecule has 0 amide bonds. The molecule has 0 bridgehead atoms. The van der Waals surface area contributed by atoms with Crippen LogP contribution in [0.3, 0.4) is 0 Å². The number of nitrogens with one attached hydrogen (secondary N) is 1. The number of aryl methyl sites for hydroxylation is 1. The van der Waals surface area contributed by atoms with Crippen molar-refractivity contribution in [1.29, 1.82) is 0 Å². The van der Waals surface area contributed by atoms with Crippen molar-refractivity contribution in [2.75, 3.05) is 0 Å². The zero-order valence-corrected chi connectivity index (χ0v) is 11.7. The minimum atomic E-state index is 0.311. The first kappa shape index (κ1) is 12.8. The van der Waals surface area contributed by atoms with Crippen molar-refractivity contribution in [1.82, 2.24) is 19.9 Å². The lowest BCUT2D eigenvalue weighted by Crippen LogP contribution is -2.18. The molecular formula is C16H18N4. The molecule has 1 N–H and O–H groups in total. The van der Waals surface area contributed by atoms with Gasteiger partial charge in [0.25, 0.3) is 0 Å². The Morgan fingerprint density at radius 1 is 1.25 bits per heavy atom. The number of benzene rings is 1. The molecule has 0 aliphatic heterocycles. The summed E-state index contributed by atoms with van der Waals surface area (Å²) in [5.41, 5.74) is 4.29. The van der Waals surface area contributed by atoms with E-state index in [1.54, 1.807) is 0 Å². The van der Waals surface area contributed by atoms with Gasteiger partial charge in [0.1, 0.15) is 0 Å². The lowest BCUT2D eigenvalue weighted by atomic mass is 10.1. The van der Waals surface area contributed by atoms with Gasteiger partial charge in [0.15, 0.2) is 5.65 Å². The maximum atomic E-state index is 4.41. The number of aromatic nitrogens is 3. The zero-order chi connectivity index (χ0) is 13.9. The third-order valence-electron chi connectivity index (χ3n) is 3.40. The highest BCUT2D eigenvalue weighted by Gasteiger charge is 2.05. The van der Waals surface area contributed by atoms with Gasteiger partial charge in [0.05, 0.1) is 5.69 Å². The fraction of sp³-hybridized carbons (Fsp3) is 0.250. The van der Waals surface area contributed by atoms with Gasteiger partial charge in [-0.2, -0.15) is 5.10 Å². The molecule has 0 fully saturated rings. The minimum absolute atomic E-state index is 0.311. The van der Waals surface area contributed by atoms with Crippen LogP contribution in [0.15, 0.2) is 48.8 Å². The van der Waals surface area contributed by atoms with Crippen LogP contribution in [0.4, 0.5) is 0 Å². The minimum Gasteiger partial charge on any atom is -0.306 e. The third-order valence-corrected chi connectivity index (χ3v) is 3.40. The van der Waals surface area contributed by atoms with Crippen LogP contribution in [-0.2, 0) is 6.54 Å². The van der Waals surface area contributed by atoms with Crippen molar-refractivity contribution >= 4 is 5.65 Å². The van der Waals surface area contributed by atoms with Gasteiger partial charge in [-0.3, -0.25) is 0 Å². The summed E-state index contributed by atoms with van der Waals surface area (Å²) in [4.78, 5) is 4.41. The molecule has 2 aromatic heterocycles. The highest BCUT2D eigenvalue weighted by Crippen LogP contribution is 2.12. The van der Waals surface area contributed by atoms with Crippen LogP contribution >= 0.6 is 0 Å². The highest BCUT2D eigenvalue weighted by molar-refractivity contribution is 5.38. The molecule has 20 heavy (non-hydrogen) atoms. The van der Waals surface area contributed by atoms with Crippen LogP contribution in [0.1, 0.15) is 29.8 Å². The Balaban J connectivity index is 1.70. The molecule has 0 aliphatic rings. The molecule has 102 valence electrons. The molecule has 1 aromatic carbocycles. The number of hydrogen-bond donors (Lipinski definition) is 1. The van der Waals surface area contributed by atoms with Crippen molar-refractivity contribution in [3.8, 4) is 0 Å². The average molecular weight is 266 g/mol. The lowest BCUT2D eigenvalue weighted by Gasteiger charge is -2.14. The van der Waals surface area contributed by atoms with Crippen LogP contribution in [0.25, 0.3) is 5.65 Å². The third kappa shape index (κ3) is 2.70. The maximum Gasteiger partial charge on any atom is 0.155 e. The molecule has 0 spiro atoms. The first-order valence-corrected chi connectivity index (χ1v) is 6.81. The monoisotopic (exact) mass is 266 g/mol. The van der Waals surface area contributed by atoms with Gasteiger partial charge in [0, 0.05) is 36.6 Å². The molecule has 4 nitrogen and oxygen atoms in total. The van der Waals surface area contributed by atoms with Crippen molar-refractivity contribution in [3.63, 3.8) is 0 Å². The molecule has 1 atom stereocenters. The second-order valence-electron chi connectivity index (χ2n) is 5.06. The summed E-state index contributed by atoms with van der Waals surface area (Å²) in [6, 6.07) is 12.7. The lowest BCUT2D eigenvalue weighted by molar-refractivity contribution is 0.572. The smallest absolute Gasteiger partial charge is 0.155 e. The Bertz CT molecular complexity index is 703. The molecular weight excluding hydrogens is 248 g/mol. The van der Waals surface area contributed by atoms with Gasteiger partial charge >= 0.3 is 0 Å². The molecule has 3 aromatic rings. The fourth-order valence-corrected chi connectivity index (χ4v) is 2.26. The van der Waals surface area contributed by atoms with Gasteiger partial charge in [-0.25, -0.2) is 9.50 Å². The maximum absolute atomic E-state index is 4.41. The van der Waals surface area contributed by atoms with E-state index in [4.69, 9.17) is 0 Å². The van der Waals surface area contributed by atoms with Gasteiger partial charge in [-0.15, -0.1) is 0 Å². The zero-order valence-electron chi connectivity index (χ0n) is 11.7. The van der Waals surface area contributed by atoms with E-state index in [0.29, 0.717) is 6.04 Å². The van der Waals surface area contributed by atoms with Gasteiger partial charge in [-0.1, -0.05) is 30.3 Å². The average Bonchev–Trinajstić information content (AvgIpc) is 2.85. The topological polar surface area (TPSA) is 42.2 Å². The predicted octanol–water partition coefficient (Wildman–Crippen LogP) is 2.89. The fourth-order valence-electron chi connectivity index (χ4n) is 2.26. The molecule has 0 saturated carbocycles. The van der Waals surface area contributed by atoms with Crippen LogP contribution in [0, 0.1) is 6.92 Å². The van der Waals surface area contributed by atoms with Crippen LogP contribution < -0.4 is 5.32 Å².